The third kappa shape index (κ3) is 21.7. The number of ether oxygens (including phenoxy) is 6. The predicted octanol–water partition coefficient (Wildman–Crippen LogP) is 3.07. The van der Waals surface area contributed by atoms with Crippen molar-refractivity contribution >= 4 is 19.4 Å². The molecule has 41 heavy (non-hydrogen) atoms. The molecular weight excluding hydrogens is 559 g/mol. The first-order valence-electron chi connectivity index (χ1n) is 13.1. The van der Waals surface area contributed by atoms with E-state index in [2.05, 4.69) is 19.7 Å². The fraction of sp³-hybridized carbons (Fsp3) is 0.714. The third-order valence-corrected chi connectivity index (χ3v) is 5.52. The SMILES string of the molecule is C=C(C)COCC(COCC(=C)C)(COCC(C)=O)COCC(COCC(=C)C)(COCC(C)=O)COP(=O)(O)O. The molecule has 0 aromatic heterocycles. The second-order valence-electron chi connectivity index (χ2n) is 11.0. The van der Waals surface area contributed by atoms with Crippen LogP contribution in [0.4, 0.5) is 0 Å². The van der Waals surface area contributed by atoms with Crippen molar-refractivity contribution in [3.8, 4) is 0 Å². The quantitative estimate of drug-likeness (QED) is 0.104. The molecule has 1 unspecified atom stereocenters. The lowest BCUT2D eigenvalue weighted by Gasteiger charge is -2.36. The van der Waals surface area contributed by atoms with Gasteiger partial charge in [0.1, 0.15) is 13.2 Å². The molecular formula is C28H49O12P. The van der Waals surface area contributed by atoms with Crippen LogP contribution in [0.1, 0.15) is 34.6 Å². The van der Waals surface area contributed by atoms with Gasteiger partial charge in [-0.15, -0.1) is 0 Å². The molecule has 0 aliphatic rings. The molecule has 13 heteroatoms. The lowest BCUT2D eigenvalue weighted by atomic mass is 9.90. The van der Waals surface area contributed by atoms with Gasteiger partial charge in [0.05, 0.1) is 83.5 Å². The molecule has 12 nitrogen and oxygen atoms in total. The number of hydrogen-bond donors (Lipinski definition) is 2. The van der Waals surface area contributed by atoms with Gasteiger partial charge in [0, 0.05) is 0 Å². The Morgan fingerprint density at radius 2 is 0.805 bits per heavy atom. The van der Waals surface area contributed by atoms with Crippen LogP contribution in [0, 0.1) is 10.8 Å². The predicted molar refractivity (Wildman–Crippen MR) is 154 cm³/mol. The van der Waals surface area contributed by atoms with Gasteiger partial charge in [-0.1, -0.05) is 36.5 Å². The monoisotopic (exact) mass is 608 g/mol. The molecule has 0 heterocycles. The second kappa shape index (κ2) is 20.4. The van der Waals surface area contributed by atoms with Crippen molar-refractivity contribution in [2.75, 3.05) is 85.9 Å². The highest BCUT2D eigenvalue weighted by Gasteiger charge is 2.38. The van der Waals surface area contributed by atoms with Crippen LogP contribution in [0.15, 0.2) is 36.5 Å². The molecule has 0 spiro atoms. The fourth-order valence-electron chi connectivity index (χ4n) is 3.35. The molecule has 238 valence electrons. The largest absolute Gasteiger partial charge is 0.469 e. The van der Waals surface area contributed by atoms with Gasteiger partial charge >= 0.3 is 7.82 Å². The summed E-state index contributed by atoms with van der Waals surface area (Å²) in [6, 6.07) is 0. The summed E-state index contributed by atoms with van der Waals surface area (Å²) >= 11 is 0. The summed E-state index contributed by atoms with van der Waals surface area (Å²) in [4.78, 5) is 41.9. The minimum atomic E-state index is -4.86. The van der Waals surface area contributed by atoms with Crippen molar-refractivity contribution in [3.63, 3.8) is 0 Å². The average molecular weight is 609 g/mol. The molecule has 0 fully saturated rings. The molecule has 0 radical (unpaired) electrons. The molecule has 0 saturated carbocycles. The Hall–Kier alpha value is -1.57. The van der Waals surface area contributed by atoms with Crippen molar-refractivity contribution in [2.45, 2.75) is 34.6 Å². The van der Waals surface area contributed by atoms with Crippen molar-refractivity contribution in [1.82, 2.24) is 0 Å². The van der Waals surface area contributed by atoms with Crippen LogP contribution in [0.25, 0.3) is 0 Å². The fourth-order valence-corrected chi connectivity index (χ4v) is 3.79. The number of carbonyl (C=O) groups is 2. The Kier molecular flexibility index (Phi) is 19.6. The van der Waals surface area contributed by atoms with Gasteiger partial charge in [0.25, 0.3) is 0 Å². The zero-order valence-corrected chi connectivity index (χ0v) is 26.1. The van der Waals surface area contributed by atoms with E-state index in [1.54, 1.807) is 6.92 Å². The van der Waals surface area contributed by atoms with E-state index < -0.39 is 25.3 Å². The number of hydrogen-bond acceptors (Lipinski definition) is 10. The van der Waals surface area contributed by atoms with Crippen LogP contribution in [0.2, 0.25) is 0 Å². The molecule has 0 amide bonds. The Bertz CT molecular complexity index is 824. The smallest absolute Gasteiger partial charge is 0.380 e. The van der Waals surface area contributed by atoms with E-state index in [0.29, 0.717) is 0 Å². The zero-order chi connectivity index (χ0) is 31.5. The van der Waals surface area contributed by atoms with Crippen LogP contribution in [-0.2, 0) is 47.1 Å². The van der Waals surface area contributed by atoms with Crippen LogP contribution < -0.4 is 0 Å². The minimum absolute atomic E-state index is 0.00212. The first-order valence-corrected chi connectivity index (χ1v) is 14.6. The molecule has 0 saturated heterocycles. The lowest BCUT2D eigenvalue weighted by molar-refractivity contribution is -0.142. The van der Waals surface area contributed by atoms with E-state index in [0.717, 1.165) is 16.7 Å². The summed E-state index contributed by atoms with van der Waals surface area (Å²) in [7, 11) is -4.86. The number of Topliss-reactive ketones (excluding diaryl/α,β-unsaturated/α-hetero) is 2. The van der Waals surface area contributed by atoms with Gasteiger partial charge in [-0.25, -0.2) is 4.57 Å². The van der Waals surface area contributed by atoms with E-state index in [1.807, 2.05) is 13.8 Å². The van der Waals surface area contributed by atoms with E-state index in [1.165, 1.54) is 13.8 Å². The van der Waals surface area contributed by atoms with Crippen molar-refractivity contribution in [2.24, 2.45) is 10.8 Å². The summed E-state index contributed by atoms with van der Waals surface area (Å²) in [6.07, 6.45) is 0. The van der Waals surface area contributed by atoms with Crippen LogP contribution in [-0.4, -0.2) is 107 Å². The van der Waals surface area contributed by atoms with Crippen LogP contribution in [0.3, 0.4) is 0 Å². The maximum atomic E-state index is 11.6. The first-order chi connectivity index (χ1) is 19.0. The number of carbonyl (C=O) groups excluding carboxylic acids is 2. The first kappa shape index (κ1) is 39.4. The highest BCUT2D eigenvalue weighted by atomic mass is 31.2. The van der Waals surface area contributed by atoms with E-state index in [9.17, 15) is 23.9 Å². The van der Waals surface area contributed by atoms with Gasteiger partial charge in [0.2, 0.25) is 0 Å². The molecule has 0 bridgehead atoms. The zero-order valence-electron chi connectivity index (χ0n) is 25.2. The van der Waals surface area contributed by atoms with E-state index in [-0.39, 0.29) is 90.8 Å². The van der Waals surface area contributed by atoms with Gasteiger partial charge in [-0.05, 0) is 34.6 Å². The standard InChI is InChI=1S/C28H49O12P/c1-22(2)9-34-14-27(15-35-10-23(3)4,16-37-12-25(7)29)19-39-20-28(17-36-11-24(5)6,18-38-13-26(8)30)21-40-41(31,32)33/h1,3,5,9-21H2,2,4,6-8H3,(H2,31,32,33). The number of rotatable bonds is 27. The molecule has 0 aliphatic heterocycles. The van der Waals surface area contributed by atoms with Crippen molar-refractivity contribution < 1.29 is 56.9 Å². The minimum Gasteiger partial charge on any atom is -0.380 e. The molecule has 2 N–H and O–H groups in total. The van der Waals surface area contributed by atoms with Gasteiger partial charge < -0.3 is 38.2 Å². The summed E-state index contributed by atoms with van der Waals surface area (Å²) in [5.41, 5.74) is 0.243. The highest BCUT2D eigenvalue weighted by Crippen LogP contribution is 2.39. The Morgan fingerprint density at radius 3 is 1.07 bits per heavy atom. The normalized spacial score (nSPS) is 13.5. The number of ketones is 2. The third-order valence-electron chi connectivity index (χ3n) is 5.05. The topological polar surface area (TPSA) is 156 Å². The molecule has 0 aliphatic carbocycles. The lowest BCUT2D eigenvalue weighted by Crippen LogP contribution is -2.46. The summed E-state index contributed by atoms with van der Waals surface area (Å²) < 4.78 is 51.3. The maximum Gasteiger partial charge on any atom is 0.469 e. The van der Waals surface area contributed by atoms with Crippen molar-refractivity contribution in [3.05, 3.63) is 36.5 Å². The summed E-state index contributed by atoms with van der Waals surface area (Å²) in [6.45, 7) is 19.5. The Morgan fingerprint density at radius 1 is 0.537 bits per heavy atom. The van der Waals surface area contributed by atoms with Crippen molar-refractivity contribution in [1.29, 1.82) is 0 Å². The van der Waals surface area contributed by atoms with Gasteiger partial charge in [-0.3, -0.25) is 14.1 Å². The van der Waals surface area contributed by atoms with Gasteiger partial charge in [-0.2, -0.15) is 0 Å². The highest BCUT2D eigenvalue weighted by molar-refractivity contribution is 7.46. The van der Waals surface area contributed by atoms with Gasteiger partial charge in [0.15, 0.2) is 11.6 Å². The molecule has 0 aromatic carbocycles. The average Bonchev–Trinajstić information content (AvgIpc) is 2.81. The summed E-state index contributed by atoms with van der Waals surface area (Å²) in [5.74, 6) is -0.388. The molecule has 1 atom stereocenters. The molecule has 0 aromatic rings. The summed E-state index contributed by atoms with van der Waals surface area (Å²) in [5, 5.41) is 0. The number of phosphoric ester groups is 1. The maximum absolute atomic E-state index is 11.6. The van der Waals surface area contributed by atoms with Crippen LogP contribution >= 0.6 is 7.82 Å². The van der Waals surface area contributed by atoms with E-state index in [4.69, 9.17) is 32.9 Å². The molecule has 0 rings (SSSR count). The van der Waals surface area contributed by atoms with E-state index >= 15 is 0 Å². The Balaban J connectivity index is 6.06. The second-order valence-corrected chi connectivity index (χ2v) is 12.2. The van der Waals surface area contributed by atoms with Crippen LogP contribution in [0.5, 0.6) is 0 Å². The Labute approximate surface area is 244 Å². The number of phosphoric acid groups is 1.